The molecule has 1 saturated carbocycles. The van der Waals surface area contributed by atoms with E-state index in [1.165, 1.54) is 17.4 Å². The molecular weight excluding hydrogens is 346 g/mol. The van der Waals surface area contributed by atoms with Gasteiger partial charge in [-0.2, -0.15) is 0 Å². The molecular formula is C20H23N3O2S. The maximum atomic E-state index is 11.4. The van der Waals surface area contributed by atoms with Crippen LogP contribution in [0.2, 0.25) is 0 Å². The standard InChI is InChI=1S/C20H23N3O2S/c1-26(24,25)23-17-10-7-15(8-11-17)20-21-18-12-9-16(13-19(18)22-20)14-5-3-2-4-6-14/h2-6,9,12-13,15,17,23H,7-8,10-11H2,1H3,(H,21,22). The third kappa shape index (κ3) is 3.81. The van der Waals surface area contributed by atoms with Crippen LogP contribution >= 0.6 is 0 Å². The van der Waals surface area contributed by atoms with Crippen molar-refractivity contribution in [3.8, 4) is 11.1 Å². The fraction of sp³-hybridized carbons (Fsp3) is 0.350. The maximum Gasteiger partial charge on any atom is 0.208 e. The van der Waals surface area contributed by atoms with Gasteiger partial charge in [0.25, 0.3) is 0 Å². The van der Waals surface area contributed by atoms with Crippen LogP contribution in [0.25, 0.3) is 22.2 Å². The highest BCUT2D eigenvalue weighted by molar-refractivity contribution is 7.88. The Hall–Kier alpha value is -2.18. The molecule has 0 atom stereocenters. The van der Waals surface area contributed by atoms with E-state index in [0.29, 0.717) is 5.92 Å². The molecule has 0 amide bonds. The number of H-pyrrole nitrogens is 1. The first-order valence-electron chi connectivity index (χ1n) is 9.00. The third-order valence-electron chi connectivity index (χ3n) is 5.10. The smallest absolute Gasteiger partial charge is 0.208 e. The van der Waals surface area contributed by atoms with Gasteiger partial charge in [0.2, 0.25) is 10.0 Å². The lowest BCUT2D eigenvalue weighted by Gasteiger charge is -2.27. The summed E-state index contributed by atoms with van der Waals surface area (Å²) in [6, 6.07) is 16.7. The van der Waals surface area contributed by atoms with Gasteiger partial charge in [-0.05, 0) is 48.9 Å². The number of aromatic amines is 1. The topological polar surface area (TPSA) is 74.8 Å². The molecule has 1 heterocycles. The summed E-state index contributed by atoms with van der Waals surface area (Å²) in [6.45, 7) is 0. The second kappa shape index (κ2) is 6.85. The Labute approximate surface area is 153 Å². The Kier molecular flexibility index (Phi) is 4.54. The van der Waals surface area contributed by atoms with Gasteiger partial charge < -0.3 is 4.98 Å². The second-order valence-electron chi connectivity index (χ2n) is 7.16. The molecule has 3 aromatic rings. The average Bonchev–Trinajstić information content (AvgIpc) is 3.05. The normalized spacial score (nSPS) is 21.1. The van der Waals surface area contributed by atoms with Crippen LogP contribution in [0, 0.1) is 0 Å². The lowest BCUT2D eigenvalue weighted by atomic mass is 9.86. The van der Waals surface area contributed by atoms with Crippen molar-refractivity contribution in [2.75, 3.05) is 6.26 Å². The monoisotopic (exact) mass is 369 g/mol. The minimum absolute atomic E-state index is 0.0512. The molecule has 1 fully saturated rings. The quantitative estimate of drug-likeness (QED) is 0.734. The molecule has 136 valence electrons. The van der Waals surface area contributed by atoms with Crippen molar-refractivity contribution >= 4 is 21.1 Å². The first-order chi connectivity index (χ1) is 12.5. The molecule has 1 aliphatic carbocycles. The Bertz CT molecular complexity index is 1000. The molecule has 6 heteroatoms. The lowest BCUT2D eigenvalue weighted by molar-refractivity contribution is 0.367. The van der Waals surface area contributed by atoms with Crippen LogP contribution in [0.4, 0.5) is 0 Å². The molecule has 0 radical (unpaired) electrons. The number of hydrogen-bond acceptors (Lipinski definition) is 3. The number of imidazole rings is 1. The van der Waals surface area contributed by atoms with Gasteiger partial charge in [-0.15, -0.1) is 0 Å². The highest BCUT2D eigenvalue weighted by Crippen LogP contribution is 2.33. The van der Waals surface area contributed by atoms with Crippen LogP contribution in [0.1, 0.15) is 37.4 Å². The number of nitrogens with zero attached hydrogens (tertiary/aromatic N) is 1. The van der Waals surface area contributed by atoms with Crippen molar-refractivity contribution in [1.82, 2.24) is 14.7 Å². The predicted molar refractivity (Wildman–Crippen MR) is 105 cm³/mol. The number of hydrogen-bond donors (Lipinski definition) is 2. The van der Waals surface area contributed by atoms with Crippen molar-refractivity contribution in [3.63, 3.8) is 0 Å². The molecule has 0 unspecified atom stereocenters. The van der Waals surface area contributed by atoms with E-state index in [1.807, 2.05) is 18.2 Å². The van der Waals surface area contributed by atoms with Crippen molar-refractivity contribution in [3.05, 3.63) is 54.4 Å². The van der Waals surface area contributed by atoms with Crippen LogP contribution in [0.3, 0.4) is 0 Å². The number of aromatic nitrogens is 2. The number of benzene rings is 2. The summed E-state index contributed by atoms with van der Waals surface area (Å²) in [7, 11) is -3.13. The summed E-state index contributed by atoms with van der Waals surface area (Å²) in [5.74, 6) is 1.38. The van der Waals surface area contributed by atoms with E-state index in [-0.39, 0.29) is 6.04 Å². The molecule has 0 bridgehead atoms. The van der Waals surface area contributed by atoms with Crippen LogP contribution in [0.5, 0.6) is 0 Å². The molecule has 4 rings (SSSR count). The van der Waals surface area contributed by atoms with Crippen molar-refractivity contribution in [2.45, 2.75) is 37.6 Å². The van der Waals surface area contributed by atoms with E-state index in [2.05, 4.69) is 40.0 Å². The zero-order valence-electron chi connectivity index (χ0n) is 14.8. The Morgan fingerprint density at radius 1 is 1.00 bits per heavy atom. The van der Waals surface area contributed by atoms with Gasteiger partial charge in [-0.3, -0.25) is 0 Å². The van der Waals surface area contributed by atoms with Gasteiger partial charge in [0.05, 0.1) is 17.3 Å². The number of fused-ring (bicyclic) bond motifs is 1. The average molecular weight is 369 g/mol. The van der Waals surface area contributed by atoms with Gasteiger partial charge in [0.1, 0.15) is 5.82 Å². The van der Waals surface area contributed by atoms with E-state index >= 15 is 0 Å². The van der Waals surface area contributed by atoms with Crippen molar-refractivity contribution < 1.29 is 8.42 Å². The Balaban J connectivity index is 1.52. The molecule has 0 aliphatic heterocycles. The van der Waals surface area contributed by atoms with Gasteiger partial charge >= 0.3 is 0 Å². The lowest BCUT2D eigenvalue weighted by Crippen LogP contribution is -2.36. The fourth-order valence-electron chi connectivity index (χ4n) is 3.82. The third-order valence-corrected chi connectivity index (χ3v) is 5.86. The largest absolute Gasteiger partial charge is 0.342 e. The van der Waals surface area contributed by atoms with Crippen LogP contribution in [-0.4, -0.2) is 30.7 Å². The maximum absolute atomic E-state index is 11.4. The van der Waals surface area contributed by atoms with Crippen LogP contribution < -0.4 is 4.72 Å². The summed E-state index contributed by atoms with van der Waals surface area (Å²) < 4.78 is 25.5. The van der Waals surface area contributed by atoms with E-state index in [0.717, 1.165) is 42.5 Å². The number of nitrogens with one attached hydrogen (secondary N) is 2. The molecule has 5 nitrogen and oxygen atoms in total. The van der Waals surface area contributed by atoms with E-state index in [1.54, 1.807) is 0 Å². The summed E-state index contributed by atoms with van der Waals surface area (Å²) >= 11 is 0. The number of rotatable bonds is 4. The zero-order chi connectivity index (χ0) is 18.1. The van der Waals surface area contributed by atoms with Gasteiger partial charge in [-0.1, -0.05) is 36.4 Å². The van der Waals surface area contributed by atoms with E-state index < -0.39 is 10.0 Å². The first kappa shape index (κ1) is 17.2. The fourth-order valence-corrected chi connectivity index (χ4v) is 4.66. The first-order valence-corrected chi connectivity index (χ1v) is 10.9. The Morgan fingerprint density at radius 2 is 1.73 bits per heavy atom. The van der Waals surface area contributed by atoms with Crippen LogP contribution in [0.15, 0.2) is 48.5 Å². The zero-order valence-corrected chi connectivity index (χ0v) is 15.6. The van der Waals surface area contributed by atoms with Crippen molar-refractivity contribution in [1.29, 1.82) is 0 Å². The van der Waals surface area contributed by atoms with Crippen molar-refractivity contribution in [2.24, 2.45) is 0 Å². The summed E-state index contributed by atoms with van der Waals surface area (Å²) in [5, 5.41) is 0. The predicted octanol–water partition coefficient (Wildman–Crippen LogP) is 3.81. The van der Waals surface area contributed by atoms with Gasteiger partial charge in [0, 0.05) is 12.0 Å². The highest BCUT2D eigenvalue weighted by atomic mass is 32.2. The van der Waals surface area contributed by atoms with E-state index in [9.17, 15) is 8.42 Å². The van der Waals surface area contributed by atoms with E-state index in [4.69, 9.17) is 4.98 Å². The molecule has 0 spiro atoms. The molecule has 2 aromatic carbocycles. The summed E-state index contributed by atoms with van der Waals surface area (Å²) in [4.78, 5) is 8.27. The second-order valence-corrected chi connectivity index (χ2v) is 8.94. The van der Waals surface area contributed by atoms with Crippen LogP contribution in [-0.2, 0) is 10.0 Å². The molecule has 26 heavy (non-hydrogen) atoms. The molecule has 2 N–H and O–H groups in total. The molecule has 0 saturated heterocycles. The molecule has 1 aliphatic rings. The minimum atomic E-state index is -3.13. The van der Waals surface area contributed by atoms with Gasteiger partial charge in [-0.25, -0.2) is 18.1 Å². The number of sulfonamides is 1. The Morgan fingerprint density at radius 3 is 2.42 bits per heavy atom. The minimum Gasteiger partial charge on any atom is -0.342 e. The highest BCUT2D eigenvalue weighted by Gasteiger charge is 2.26. The summed E-state index contributed by atoms with van der Waals surface area (Å²) in [6.07, 6.45) is 4.81. The molecule has 1 aromatic heterocycles. The summed E-state index contributed by atoms with van der Waals surface area (Å²) in [5.41, 5.74) is 4.40. The van der Waals surface area contributed by atoms with Gasteiger partial charge in [0.15, 0.2) is 0 Å². The SMILES string of the molecule is CS(=O)(=O)NC1CCC(c2nc3ccc(-c4ccccc4)cc3[nH]2)CC1.